The van der Waals surface area contributed by atoms with Gasteiger partial charge in [-0.2, -0.15) is 4.98 Å². The van der Waals surface area contributed by atoms with Crippen LogP contribution in [0.3, 0.4) is 0 Å². The van der Waals surface area contributed by atoms with Gasteiger partial charge in [-0.25, -0.2) is 4.39 Å². The fourth-order valence-corrected chi connectivity index (χ4v) is 1.95. The summed E-state index contributed by atoms with van der Waals surface area (Å²) in [7, 11) is 0. The SMILES string of the molecule is CC(Oc1ccccc1)c1nc(-c2ccc(O)cc2F)no1. The van der Waals surface area contributed by atoms with Gasteiger partial charge in [-0.1, -0.05) is 23.4 Å². The molecule has 0 aliphatic heterocycles. The van der Waals surface area contributed by atoms with Crippen molar-refractivity contribution in [1.29, 1.82) is 0 Å². The molecule has 3 aromatic rings. The van der Waals surface area contributed by atoms with E-state index in [1.165, 1.54) is 12.1 Å². The quantitative estimate of drug-likeness (QED) is 0.795. The number of hydrogen-bond acceptors (Lipinski definition) is 5. The van der Waals surface area contributed by atoms with E-state index in [0.29, 0.717) is 5.75 Å². The van der Waals surface area contributed by atoms with E-state index in [4.69, 9.17) is 9.26 Å². The number of aromatic hydroxyl groups is 1. The molecule has 1 N–H and O–H groups in total. The van der Waals surface area contributed by atoms with Crippen LogP contribution in [-0.2, 0) is 0 Å². The molecule has 6 heteroatoms. The lowest BCUT2D eigenvalue weighted by molar-refractivity contribution is 0.176. The van der Waals surface area contributed by atoms with Crippen molar-refractivity contribution < 1.29 is 18.8 Å². The van der Waals surface area contributed by atoms with Crippen molar-refractivity contribution in [3.05, 3.63) is 60.2 Å². The van der Waals surface area contributed by atoms with Gasteiger partial charge in [-0.05, 0) is 31.2 Å². The first kappa shape index (κ1) is 14.1. The normalized spacial score (nSPS) is 12.1. The Kier molecular flexibility index (Phi) is 3.74. The maximum Gasteiger partial charge on any atom is 0.267 e. The topological polar surface area (TPSA) is 68.4 Å². The van der Waals surface area contributed by atoms with Gasteiger partial charge in [0.2, 0.25) is 5.82 Å². The summed E-state index contributed by atoms with van der Waals surface area (Å²) in [5.41, 5.74) is 0.153. The Bertz CT molecular complexity index is 774. The third-order valence-corrected chi connectivity index (χ3v) is 3.04. The lowest BCUT2D eigenvalue weighted by atomic mass is 10.2. The van der Waals surface area contributed by atoms with E-state index in [2.05, 4.69) is 10.1 Å². The van der Waals surface area contributed by atoms with Crippen LogP contribution in [0.25, 0.3) is 11.4 Å². The van der Waals surface area contributed by atoms with Crippen molar-refractivity contribution in [2.75, 3.05) is 0 Å². The molecule has 22 heavy (non-hydrogen) atoms. The molecule has 0 spiro atoms. The first-order valence-electron chi connectivity index (χ1n) is 6.67. The largest absolute Gasteiger partial charge is 0.508 e. The van der Waals surface area contributed by atoms with E-state index in [1.54, 1.807) is 6.92 Å². The second-order valence-corrected chi connectivity index (χ2v) is 4.69. The van der Waals surface area contributed by atoms with Crippen molar-refractivity contribution in [1.82, 2.24) is 10.1 Å². The number of halogens is 1. The standard InChI is InChI=1S/C16H13FN2O3/c1-10(21-12-5-3-2-4-6-12)16-18-15(19-22-16)13-8-7-11(20)9-14(13)17/h2-10,20H,1H3. The molecule has 1 unspecified atom stereocenters. The molecule has 112 valence electrons. The zero-order chi connectivity index (χ0) is 15.5. The molecule has 1 atom stereocenters. The molecule has 0 aliphatic carbocycles. The van der Waals surface area contributed by atoms with Gasteiger partial charge in [0.15, 0.2) is 6.10 Å². The Hall–Kier alpha value is -2.89. The van der Waals surface area contributed by atoms with Crippen molar-refractivity contribution in [3.63, 3.8) is 0 Å². The number of rotatable bonds is 4. The van der Waals surface area contributed by atoms with Crippen LogP contribution in [-0.4, -0.2) is 15.2 Å². The molecule has 0 saturated heterocycles. The van der Waals surface area contributed by atoms with Gasteiger partial charge in [0.25, 0.3) is 5.89 Å². The van der Waals surface area contributed by atoms with E-state index >= 15 is 0 Å². The highest BCUT2D eigenvalue weighted by molar-refractivity contribution is 5.56. The van der Waals surface area contributed by atoms with E-state index in [0.717, 1.165) is 6.07 Å². The van der Waals surface area contributed by atoms with Crippen molar-refractivity contribution in [2.24, 2.45) is 0 Å². The number of phenols is 1. The number of nitrogens with zero attached hydrogens (tertiary/aromatic N) is 2. The summed E-state index contributed by atoms with van der Waals surface area (Å²) in [6.07, 6.45) is -0.469. The predicted molar refractivity (Wildman–Crippen MR) is 76.8 cm³/mol. The number of aromatic nitrogens is 2. The van der Waals surface area contributed by atoms with E-state index in [-0.39, 0.29) is 23.0 Å². The molecule has 1 aromatic heterocycles. The average Bonchev–Trinajstić information content (AvgIpc) is 2.98. The Morgan fingerprint density at radius 1 is 1.18 bits per heavy atom. The van der Waals surface area contributed by atoms with Crippen LogP contribution < -0.4 is 4.74 Å². The minimum atomic E-state index is -0.621. The van der Waals surface area contributed by atoms with Crippen molar-refractivity contribution in [2.45, 2.75) is 13.0 Å². The maximum atomic E-state index is 13.8. The lowest BCUT2D eigenvalue weighted by Crippen LogP contribution is -2.03. The molecule has 0 fully saturated rings. The van der Waals surface area contributed by atoms with Crippen LogP contribution in [0, 0.1) is 5.82 Å². The molecule has 0 radical (unpaired) electrons. The summed E-state index contributed by atoms with van der Waals surface area (Å²) >= 11 is 0. The van der Waals surface area contributed by atoms with E-state index in [1.807, 2.05) is 30.3 Å². The van der Waals surface area contributed by atoms with Gasteiger partial charge in [-0.3, -0.25) is 0 Å². The molecular weight excluding hydrogens is 287 g/mol. The van der Waals surface area contributed by atoms with Crippen LogP contribution in [0.15, 0.2) is 53.1 Å². The fourth-order valence-electron chi connectivity index (χ4n) is 1.95. The summed E-state index contributed by atoms with van der Waals surface area (Å²) in [6.45, 7) is 1.76. The summed E-state index contributed by atoms with van der Waals surface area (Å²) < 4.78 is 24.6. The van der Waals surface area contributed by atoms with Crippen LogP contribution in [0.5, 0.6) is 11.5 Å². The number of benzene rings is 2. The van der Waals surface area contributed by atoms with Gasteiger partial charge in [0, 0.05) is 6.07 Å². The zero-order valence-corrected chi connectivity index (χ0v) is 11.7. The highest BCUT2D eigenvalue weighted by Crippen LogP contribution is 2.26. The Morgan fingerprint density at radius 3 is 2.68 bits per heavy atom. The smallest absolute Gasteiger partial charge is 0.267 e. The van der Waals surface area contributed by atoms with Crippen molar-refractivity contribution in [3.8, 4) is 22.9 Å². The minimum absolute atomic E-state index is 0.107. The predicted octanol–water partition coefficient (Wildman–Crippen LogP) is 3.72. The third kappa shape index (κ3) is 2.90. The minimum Gasteiger partial charge on any atom is -0.508 e. The molecule has 1 heterocycles. The summed E-state index contributed by atoms with van der Waals surface area (Å²) in [5, 5.41) is 13.0. The summed E-state index contributed by atoms with van der Waals surface area (Å²) in [5.74, 6) is 0.239. The molecule has 0 aliphatic rings. The zero-order valence-electron chi connectivity index (χ0n) is 11.7. The van der Waals surface area contributed by atoms with Gasteiger partial charge in [-0.15, -0.1) is 0 Å². The highest BCUT2D eigenvalue weighted by Gasteiger charge is 2.18. The third-order valence-electron chi connectivity index (χ3n) is 3.04. The van der Waals surface area contributed by atoms with Gasteiger partial charge < -0.3 is 14.4 Å². The Labute approximate surface area is 126 Å². The van der Waals surface area contributed by atoms with Crippen LogP contribution in [0.4, 0.5) is 4.39 Å². The monoisotopic (exact) mass is 300 g/mol. The lowest BCUT2D eigenvalue weighted by Gasteiger charge is -2.09. The van der Waals surface area contributed by atoms with Gasteiger partial charge >= 0.3 is 0 Å². The second kappa shape index (κ2) is 5.85. The van der Waals surface area contributed by atoms with Gasteiger partial charge in [0.1, 0.15) is 17.3 Å². The first-order valence-corrected chi connectivity index (χ1v) is 6.67. The summed E-state index contributed by atoms with van der Waals surface area (Å²) in [6, 6.07) is 13.0. The van der Waals surface area contributed by atoms with E-state index < -0.39 is 11.9 Å². The van der Waals surface area contributed by atoms with Crippen LogP contribution in [0.1, 0.15) is 18.9 Å². The Morgan fingerprint density at radius 2 is 1.95 bits per heavy atom. The molecule has 2 aromatic carbocycles. The molecule has 0 amide bonds. The maximum absolute atomic E-state index is 13.8. The first-order chi connectivity index (χ1) is 10.6. The highest BCUT2D eigenvalue weighted by atomic mass is 19.1. The van der Waals surface area contributed by atoms with Crippen molar-refractivity contribution >= 4 is 0 Å². The Balaban J connectivity index is 1.81. The van der Waals surface area contributed by atoms with Crippen LogP contribution in [0.2, 0.25) is 0 Å². The molecule has 3 rings (SSSR count). The average molecular weight is 300 g/mol. The van der Waals surface area contributed by atoms with Crippen LogP contribution >= 0.6 is 0 Å². The molecule has 0 saturated carbocycles. The fraction of sp³-hybridized carbons (Fsp3) is 0.125. The second-order valence-electron chi connectivity index (χ2n) is 4.69. The summed E-state index contributed by atoms with van der Waals surface area (Å²) in [4.78, 5) is 4.14. The molecule has 5 nitrogen and oxygen atoms in total. The number of phenolic OH excluding ortho intramolecular Hbond substituents is 1. The van der Waals surface area contributed by atoms with Gasteiger partial charge in [0.05, 0.1) is 5.56 Å². The number of para-hydroxylation sites is 1. The molecule has 0 bridgehead atoms. The number of ether oxygens (including phenoxy) is 1. The van der Waals surface area contributed by atoms with E-state index in [9.17, 15) is 9.50 Å². The number of hydrogen-bond donors (Lipinski definition) is 1. The molecular formula is C16H13FN2O3.